The van der Waals surface area contributed by atoms with Crippen molar-refractivity contribution in [2.75, 3.05) is 26.2 Å². The molecule has 0 saturated heterocycles. The van der Waals surface area contributed by atoms with Crippen LogP contribution in [0, 0.1) is 0 Å². The molecule has 0 rings (SSSR count). The van der Waals surface area contributed by atoms with E-state index >= 15 is 0 Å². The van der Waals surface area contributed by atoms with Crippen LogP contribution >= 0.6 is 0 Å². The van der Waals surface area contributed by atoms with Gasteiger partial charge in [-0.25, -0.2) is 4.79 Å². The van der Waals surface area contributed by atoms with E-state index < -0.39 is 42.3 Å². The van der Waals surface area contributed by atoms with E-state index in [1.54, 1.807) is 0 Å². The van der Waals surface area contributed by atoms with Gasteiger partial charge in [0.15, 0.2) is 0 Å². The SMILES string of the molecule is CCCCCCCCCCCCCCCC(=O)N[C@@H](CCCCN)C(=O)NCC(=O)NCC(=O)N[C@H](CCCCN)C(=O)O. The summed E-state index contributed by atoms with van der Waals surface area (Å²) in [4.78, 5) is 60.9. The minimum absolute atomic E-state index is 0.193. The molecule has 0 aliphatic heterocycles. The zero-order chi connectivity index (χ0) is 32.8. The van der Waals surface area contributed by atoms with Crippen LogP contribution in [-0.4, -0.2) is 73.0 Å². The van der Waals surface area contributed by atoms with Gasteiger partial charge in [-0.2, -0.15) is 0 Å². The molecular formula is C32H62N6O6. The molecule has 0 radical (unpaired) electrons. The monoisotopic (exact) mass is 626 g/mol. The number of hydrogen-bond donors (Lipinski definition) is 7. The van der Waals surface area contributed by atoms with Gasteiger partial charge >= 0.3 is 5.97 Å². The molecule has 9 N–H and O–H groups in total. The molecule has 0 bridgehead atoms. The number of rotatable bonds is 30. The zero-order valence-electron chi connectivity index (χ0n) is 27.3. The minimum atomic E-state index is -1.16. The maximum Gasteiger partial charge on any atom is 0.326 e. The summed E-state index contributed by atoms with van der Waals surface area (Å²) in [5, 5.41) is 19.3. The van der Waals surface area contributed by atoms with Gasteiger partial charge in [0.05, 0.1) is 13.1 Å². The number of nitrogens with two attached hydrogens (primary N) is 2. The smallest absolute Gasteiger partial charge is 0.326 e. The van der Waals surface area contributed by atoms with Crippen molar-refractivity contribution in [2.24, 2.45) is 11.5 Å². The van der Waals surface area contributed by atoms with Crippen LogP contribution in [0.3, 0.4) is 0 Å². The summed E-state index contributed by atoms with van der Waals surface area (Å²) in [6.07, 6.45) is 19.4. The highest BCUT2D eigenvalue weighted by atomic mass is 16.4. The predicted molar refractivity (Wildman–Crippen MR) is 174 cm³/mol. The van der Waals surface area contributed by atoms with Crippen molar-refractivity contribution in [1.29, 1.82) is 0 Å². The number of carboxylic acid groups (broad SMARTS) is 1. The first-order valence-corrected chi connectivity index (χ1v) is 17.0. The fourth-order valence-electron chi connectivity index (χ4n) is 4.86. The lowest BCUT2D eigenvalue weighted by Crippen LogP contribution is -2.50. The number of carboxylic acids is 1. The maximum atomic E-state index is 12.8. The molecule has 0 fully saturated rings. The summed E-state index contributed by atoms with van der Waals surface area (Å²) >= 11 is 0. The van der Waals surface area contributed by atoms with Gasteiger partial charge in [-0.15, -0.1) is 0 Å². The van der Waals surface area contributed by atoms with Crippen molar-refractivity contribution in [1.82, 2.24) is 21.3 Å². The van der Waals surface area contributed by atoms with E-state index in [9.17, 15) is 29.1 Å². The van der Waals surface area contributed by atoms with Crippen molar-refractivity contribution in [2.45, 2.75) is 147 Å². The van der Waals surface area contributed by atoms with Gasteiger partial charge in [0.1, 0.15) is 12.1 Å². The summed E-state index contributed by atoms with van der Waals surface area (Å²) in [5.41, 5.74) is 11.0. The second kappa shape index (κ2) is 29.0. The van der Waals surface area contributed by atoms with E-state index in [2.05, 4.69) is 28.2 Å². The Morgan fingerprint density at radius 2 is 1.00 bits per heavy atom. The number of unbranched alkanes of at least 4 members (excludes halogenated alkanes) is 14. The maximum absolute atomic E-state index is 12.8. The summed E-state index contributed by atoms with van der Waals surface area (Å²) in [6, 6.07) is -1.85. The van der Waals surface area contributed by atoms with Crippen molar-refractivity contribution < 1.29 is 29.1 Å². The highest BCUT2D eigenvalue weighted by molar-refractivity contribution is 5.92. The van der Waals surface area contributed by atoms with Gasteiger partial charge in [-0.05, 0) is 58.0 Å². The molecule has 0 spiro atoms. The number of amides is 4. The molecule has 12 heteroatoms. The molecule has 256 valence electrons. The van der Waals surface area contributed by atoms with E-state index in [0.29, 0.717) is 51.6 Å². The molecule has 0 heterocycles. The second-order valence-electron chi connectivity index (χ2n) is 11.6. The zero-order valence-corrected chi connectivity index (χ0v) is 27.3. The van der Waals surface area contributed by atoms with Crippen LogP contribution < -0.4 is 32.7 Å². The third-order valence-corrected chi connectivity index (χ3v) is 7.56. The van der Waals surface area contributed by atoms with Crippen LogP contribution in [0.1, 0.15) is 135 Å². The highest BCUT2D eigenvalue weighted by Crippen LogP contribution is 2.13. The van der Waals surface area contributed by atoms with Crippen molar-refractivity contribution in [3.8, 4) is 0 Å². The summed E-state index contributed by atoms with van der Waals surface area (Å²) < 4.78 is 0. The average Bonchev–Trinajstić information content (AvgIpc) is 3.00. The summed E-state index contributed by atoms with van der Waals surface area (Å²) in [5.74, 6) is -3.09. The molecule has 0 saturated carbocycles. The molecule has 12 nitrogen and oxygen atoms in total. The molecule has 0 unspecified atom stereocenters. The third kappa shape index (κ3) is 24.7. The Bertz CT molecular complexity index is 797. The standard InChI is InChI=1S/C32H62N6O6/c1-2-3-4-5-6-7-8-9-10-11-12-13-14-21-28(39)37-26(19-15-17-22-33)31(42)36-24-29(40)35-25-30(41)38-27(32(43)44)20-16-18-23-34/h26-27H,2-25,33-34H2,1H3,(H,35,40)(H,36,42)(H,37,39)(H,38,41)(H,43,44)/t26-,27+/m0/s1. The van der Waals surface area contributed by atoms with Crippen LogP contribution in [-0.2, 0) is 24.0 Å². The number of carbonyl (C=O) groups excluding carboxylic acids is 4. The Hall–Kier alpha value is -2.73. The number of nitrogens with one attached hydrogen (secondary N) is 4. The van der Waals surface area contributed by atoms with Gasteiger partial charge in [0, 0.05) is 6.42 Å². The normalized spacial score (nSPS) is 12.2. The average molecular weight is 627 g/mol. The lowest BCUT2D eigenvalue weighted by Gasteiger charge is -2.18. The highest BCUT2D eigenvalue weighted by Gasteiger charge is 2.22. The Morgan fingerprint density at radius 1 is 0.545 bits per heavy atom. The van der Waals surface area contributed by atoms with Crippen LogP contribution in [0.5, 0.6) is 0 Å². The van der Waals surface area contributed by atoms with Gasteiger partial charge in [0.25, 0.3) is 0 Å². The van der Waals surface area contributed by atoms with E-state index in [4.69, 9.17) is 11.5 Å². The Morgan fingerprint density at radius 3 is 1.50 bits per heavy atom. The van der Waals surface area contributed by atoms with E-state index in [1.807, 2.05) is 0 Å². The predicted octanol–water partition coefficient (Wildman–Crippen LogP) is 3.01. The van der Waals surface area contributed by atoms with Gasteiger partial charge in [-0.1, -0.05) is 84.0 Å². The molecule has 44 heavy (non-hydrogen) atoms. The molecule has 0 aromatic rings. The van der Waals surface area contributed by atoms with Gasteiger partial charge < -0.3 is 37.8 Å². The van der Waals surface area contributed by atoms with Crippen LogP contribution in [0.2, 0.25) is 0 Å². The Labute approximate surface area is 265 Å². The van der Waals surface area contributed by atoms with Crippen LogP contribution in [0.15, 0.2) is 0 Å². The third-order valence-electron chi connectivity index (χ3n) is 7.56. The van der Waals surface area contributed by atoms with Crippen LogP contribution in [0.4, 0.5) is 0 Å². The Kier molecular flexibility index (Phi) is 27.2. The molecule has 0 aromatic carbocycles. The lowest BCUT2D eigenvalue weighted by atomic mass is 10.0. The number of aliphatic carboxylic acids is 1. The van der Waals surface area contributed by atoms with Gasteiger partial charge in [0.2, 0.25) is 23.6 Å². The lowest BCUT2D eigenvalue weighted by molar-refractivity contribution is -0.142. The van der Waals surface area contributed by atoms with Crippen LogP contribution in [0.25, 0.3) is 0 Å². The quantitative estimate of drug-likeness (QED) is 0.0589. The molecular weight excluding hydrogens is 564 g/mol. The number of hydrogen-bond acceptors (Lipinski definition) is 7. The second-order valence-corrected chi connectivity index (χ2v) is 11.6. The first-order valence-electron chi connectivity index (χ1n) is 17.0. The molecule has 0 aliphatic carbocycles. The largest absolute Gasteiger partial charge is 0.480 e. The molecule has 0 aromatic heterocycles. The first kappa shape index (κ1) is 41.3. The topological polar surface area (TPSA) is 206 Å². The summed E-state index contributed by atoms with van der Waals surface area (Å²) in [7, 11) is 0. The van der Waals surface area contributed by atoms with E-state index in [1.165, 1.54) is 64.2 Å². The first-order chi connectivity index (χ1) is 21.2. The Balaban J connectivity index is 4.31. The molecule has 0 aliphatic rings. The van der Waals surface area contributed by atoms with Gasteiger partial charge in [-0.3, -0.25) is 19.2 Å². The van der Waals surface area contributed by atoms with Crippen molar-refractivity contribution >= 4 is 29.6 Å². The van der Waals surface area contributed by atoms with E-state index in [-0.39, 0.29) is 18.9 Å². The minimum Gasteiger partial charge on any atom is -0.480 e. The fourth-order valence-corrected chi connectivity index (χ4v) is 4.86. The van der Waals surface area contributed by atoms with Crippen molar-refractivity contribution in [3.63, 3.8) is 0 Å². The van der Waals surface area contributed by atoms with E-state index in [0.717, 1.165) is 19.3 Å². The van der Waals surface area contributed by atoms with Crippen molar-refractivity contribution in [3.05, 3.63) is 0 Å². The molecule has 4 amide bonds. The molecule has 2 atom stereocenters. The fraction of sp³-hybridized carbons (Fsp3) is 0.844. The number of carbonyl (C=O) groups is 5. The summed E-state index contributed by atoms with van der Waals surface area (Å²) in [6.45, 7) is 2.33.